The van der Waals surface area contributed by atoms with Gasteiger partial charge in [0.2, 0.25) is 10.0 Å². The van der Waals surface area contributed by atoms with Gasteiger partial charge in [0, 0.05) is 25.2 Å². The van der Waals surface area contributed by atoms with E-state index < -0.39 is 10.0 Å². The molecule has 0 radical (unpaired) electrons. The van der Waals surface area contributed by atoms with Gasteiger partial charge in [0.25, 0.3) is 0 Å². The molecule has 0 N–H and O–H groups in total. The number of piperazine rings is 1. The van der Waals surface area contributed by atoms with Crippen molar-refractivity contribution in [2.45, 2.75) is 30.3 Å². The second-order valence-corrected chi connectivity index (χ2v) is 7.26. The number of benzene rings is 1. The first-order chi connectivity index (χ1) is 8.48. The van der Waals surface area contributed by atoms with E-state index in [1.165, 1.54) is 0 Å². The summed E-state index contributed by atoms with van der Waals surface area (Å²) in [6.45, 7) is 3.45. The summed E-state index contributed by atoms with van der Waals surface area (Å²) in [6.07, 6.45) is 0.974. The molecule has 2 atom stereocenters. The second-order valence-electron chi connectivity index (χ2n) is 5.37. The van der Waals surface area contributed by atoms with Gasteiger partial charge in [0.1, 0.15) is 0 Å². The van der Waals surface area contributed by atoms with E-state index >= 15 is 0 Å². The Morgan fingerprint density at radius 2 is 1.78 bits per heavy atom. The van der Waals surface area contributed by atoms with Crippen LogP contribution < -0.4 is 0 Å². The van der Waals surface area contributed by atoms with Gasteiger partial charge in [-0.15, -0.1) is 0 Å². The summed E-state index contributed by atoms with van der Waals surface area (Å²) < 4.78 is 26.8. The Balaban J connectivity index is 1.90. The van der Waals surface area contributed by atoms with Crippen LogP contribution >= 0.6 is 0 Å². The number of hydrogen-bond donors (Lipinski definition) is 0. The number of sulfonamides is 1. The Labute approximate surface area is 108 Å². The van der Waals surface area contributed by atoms with Crippen LogP contribution in [0.5, 0.6) is 0 Å². The standard InChI is InChI=1S/C13H18N2O2S/c1-10-3-5-13(6-4-10)18(16,17)15-9-11-7-12(15)8-14(11)2/h3-6,11-12H,7-9H2,1-2H3/t11-,12+/m0/s1. The second kappa shape index (κ2) is 4.05. The topological polar surface area (TPSA) is 40.6 Å². The van der Waals surface area contributed by atoms with Crippen LogP contribution in [0, 0.1) is 6.92 Å². The molecule has 1 aromatic rings. The van der Waals surface area contributed by atoms with Crippen molar-refractivity contribution in [1.82, 2.24) is 9.21 Å². The predicted octanol–water partition coefficient (Wildman–Crippen LogP) is 1.07. The van der Waals surface area contributed by atoms with E-state index in [0.717, 1.165) is 18.5 Å². The first-order valence-electron chi connectivity index (χ1n) is 6.27. The Morgan fingerprint density at radius 1 is 1.11 bits per heavy atom. The van der Waals surface area contributed by atoms with Gasteiger partial charge >= 0.3 is 0 Å². The largest absolute Gasteiger partial charge is 0.300 e. The molecular weight excluding hydrogens is 248 g/mol. The van der Waals surface area contributed by atoms with Crippen molar-refractivity contribution in [3.8, 4) is 0 Å². The van der Waals surface area contributed by atoms with Crippen molar-refractivity contribution in [3.05, 3.63) is 29.8 Å². The molecule has 0 amide bonds. The third-order valence-electron chi connectivity index (χ3n) is 4.09. The normalized spacial score (nSPS) is 29.0. The van der Waals surface area contributed by atoms with E-state index in [0.29, 0.717) is 17.5 Å². The third-order valence-corrected chi connectivity index (χ3v) is 6.02. The maximum atomic E-state index is 12.5. The van der Waals surface area contributed by atoms with Gasteiger partial charge in [-0.05, 0) is 32.5 Å². The minimum Gasteiger partial charge on any atom is -0.300 e. The number of fused-ring (bicyclic) bond motifs is 2. The molecule has 1 aromatic carbocycles. The molecule has 98 valence electrons. The molecule has 2 aliphatic heterocycles. The van der Waals surface area contributed by atoms with Gasteiger partial charge in [0.05, 0.1) is 4.90 Å². The van der Waals surface area contributed by atoms with Gasteiger partial charge in [-0.2, -0.15) is 4.31 Å². The highest BCUT2D eigenvalue weighted by Crippen LogP contribution is 2.33. The summed E-state index contributed by atoms with van der Waals surface area (Å²) in [7, 11) is -1.23. The minimum absolute atomic E-state index is 0.159. The van der Waals surface area contributed by atoms with Gasteiger partial charge in [-0.3, -0.25) is 0 Å². The van der Waals surface area contributed by atoms with Gasteiger partial charge in [-0.25, -0.2) is 8.42 Å². The molecule has 18 heavy (non-hydrogen) atoms. The summed E-state index contributed by atoms with van der Waals surface area (Å²) in [6, 6.07) is 7.68. The lowest BCUT2D eigenvalue weighted by atomic mass is 10.2. The Bertz CT molecular complexity index is 551. The SMILES string of the molecule is Cc1ccc(S(=O)(=O)N2C[C@@H]3C[C@@H]2CN3C)cc1. The lowest BCUT2D eigenvalue weighted by molar-refractivity contribution is 0.216. The molecule has 0 spiro atoms. The van der Waals surface area contributed by atoms with Crippen LogP contribution in [0.1, 0.15) is 12.0 Å². The monoisotopic (exact) mass is 266 g/mol. The van der Waals surface area contributed by atoms with E-state index in [1.807, 2.05) is 19.1 Å². The Hall–Kier alpha value is -0.910. The summed E-state index contributed by atoms with van der Waals surface area (Å²) in [5, 5.41) is 0. The first kappa shape index (κ1) is 12.1. The van der Waals surface area contributed by atoms with Gasteiger partial charge in [0.15, 0.2) is 0 Å². The molecule has 2 fully saturated rings. The molecule has 4 nitrogen and oxygen atoms in total. The van der Waals surface area contributed by atoms with Gasteiger partial charge < -0.3 is 4.90 Å². The molecule has 0 unspecified atom stereocenters. The zero-order valence-electron chi connectivity index (χ0n) is 10.7. The van der Waals surface area contributed by atoms with Crippen LogP contribution in [-0.4, -0.2) is 49.8 Å². The van der Waals surface area contributed by atoms with E-state index in [1.54, 1.807) is 16.4 Å². The molecule has 2 bridgehead atoms. The van der Waals surface area contributed by atoms with E-state index in [-0.39, 0.29) is 6.04 Å². The van der Waals surface area contributed by atoms with Crippen LogP contribution in [0.15, 0.2) is 29.2 Å². The Kier molecular flexibility index (Phi) is 2.73. The van der Waals surface area contributed by atoms with Gasteiger partial charge in [-0.1, -0.05) is 17.7 Å². The predicted molar refractivity (Wildman–Crippen MR) is 69.9 cm³/mol. The molecule has 3 rings (SSSR count). The maximum Gasteiger partial charge on any atom is 0.243 e. The zero-order chi connectivity index (χ0) is 12.9. The number of rotatable bonds is 2. The average molecular weight is 266 g/mol. The fourth-order valence-corrected chi connectivity index (χ4v) is 4.63. The number of likely N-dealkylation sites (N-methyl/N-ethyl adjacent to an activating group) is 1. The molecule has 0 saturated carbocycles. The van der Waals surface area contributed by atoms with Crippen LogP contribution in [-0.2, 0) is 10.0 Å². The van der Waals surface area contributed by atoms with Crippen molar-refractivity contribution in [2.75, 3.05) is 20.1 Å². The first-order valence-corrected chi connectivity index (χ1v) is 7.71. The molecule has 2 heterocycles. The smallest absolute Gasteiger partial charge is 0.243 e. The van der Waals surface area contributed by atoms with Crippen LogP contribution in [0.2, 0.25) is 0 Å². The van der Waals surface area contributed by atoms with Crippen LogP contribution in [0.25, 0.3) is 0 Å². The lowest BCUT2D eigenvalue weighted by Crippen LogP contribution is -2.47. The summed E-state index contributed by atoms with van der Waals surface area (Å²) in [5.74, 6) is 0. The Morgan fingerprint density at radius 3 is 2.28 bits per heavy atom. The van der Waals surface area contributed by atoms with Crippen LogP contribution in [0.4, 0.5) is 0 Å². The van der Waals surface area contributed by atoms with Crippen molar-refractivity contribution in [2.24, 2.45) is 0 Å². The van der Waals surface area contributed by atoms with Crippen molar-refractivity contribution >= 4 is 10.0 Å². The van der Waals surface area contributed by atoms with Crippen molar-refractivity contribution in [3.63, 3.8) is 0 Å². The van der Waals surface area contributed by atoms with Crippen molar-refractivity contribution < 1.29 is 8.42 Å². The molecule has 5 heteroatoms. The molecule has 2 aliphatic rings. The van der Waals surface area contributed by atoms with Crippen LogP contribution in [0.3, 0.4) is 0 Å². The highest BCUT2D eigenvalue weighted by atomic mass is 32.2. The fourth-order valence-electron chi connectivity index (χ4n) is 2.97. The minimum atomic E-state index is -3.30. The zero-order valence-corrected chi connectivity index (χ0v) is 11.5. The highest BCUT2D eigenvalue weighted by Gasteiger charge is 2.46. The number of aryl methyl sites for hydroxylation is 1. The van der Waals surface area contributed by atoms with E-state index in [2.05, 4.69) is 11.9 Å². The van der Waals surface area contributed by atoms with E-state index in [9.17, 15) is 8.42 Å². The summed E-state index contributed by atoms with van der Waals surface area (Å²) in [5.41, 5.74) is 1.08. The van der Waals surface area contributed by atoms with Crippen molar-refractivity contribution in [1.29, 1.82) is 0 Å². The summed E-state index contributed by atoms with van der Waals surface area (Å²) >= 11 is 0. The molecule has 0 aromatic heterocycles. The molecule has 0 aliphatic carbocycles. The summed E-state index contributed by atoms with van der Waals surface area (Å²) in [4.78, 5) is 2.68. The molecule has 2 saturated heterocycles. The average Bonchev–Trinajstić information content (AvgIpc) is 2.88. The number of nitrogens with zero attached hydrogens (tertiary/aromatic N) is 2. The third kappa shape index (κ3) is 1.77. The maximum absolute atomic E-state index is 12.5. The number of likely N-dealkylation sites (tertiary alicyclic amines) is 1. The fraction of sp³-hybridized carbons (Fsp3) is 0.538. The quantitative estimate of drug-likeness (QED) is 0.804. The lowest BCUT2D eigenvalue weighted by Gasteiger charge is -2.31. The molecular formula is C13H18N2O2S. The highest BCUT2D eigenvalue weighted by molar-refractivity contribution is 7.89. The number of hydrogen-bond acceptors (Lipinski definition) is 3. The van der Waals surface area contributed by atoms with E-state index in [4.69, 9.17) is 0 Å².